The maximum Gasteiger partial charge on any atom is 0.122 e. The van der Waals surface area contributed by atoms with Gasteiger partial charge in [0.1, 0.15) is 11.4 Å². The predicted molar refractivity (Wildman–Crippen MR) is 69.8 cm³/mol. The second-order valence-corrected chi connectivity index (χ2v) is 4.29. The molecule has 96 valence electrons. The Hall–Kier alpha value is -1.88. The number of benzene rings is 1. The molecule has 1 aromatic carbocycles. The van der Waals surface area contributed by atoms with E-state index in [0.717, 1.165) is 17.0 Å². The largest absolute Gasteiger partial charge is 0.496 e. The lowest BCUT2D eigenvalue weighted by molar-refractivity contribution is 0.411. The van der Waals surface area contributed by atoms with Crippen molar-refractivity contribution in [2.24, 2.45) is 0 Å². The summed E-state index contributed by atoms with van der Waals surface area (Å²) in [6.07, 6.45) is 1.74. The van der Waals surface area contributed by atoms with Crippen LogP contribution in [0.1, 0.15) is 28.4 Å². The zero-order valence-electron chi connectivity index (χ0n) is 11.1. The smallest absolute Gasteiger partial charge is 0.122 e. The number of nitrogens with zero attached hydrogens (tertiary/aromatic N) is 2. The first-order valence-electron chi connectivity index (χ1n) is 5.85. The molecule has 0 saturated carbocycles. The molecule has 0 amide bonds. The highest BCUT2D eigenvalue weighted by Gasteiger charge is 2.18. The summed E-state index contributed by atoms with van der Waals surface area (Å²) < 4.78 is 5.33. The molecule has 5 nitrogen and oxygen atoms in total. The van der Waals surface area contributed by atoms with Gasteiger partial charge in [-0.15, -0.1) is 0 Å². The molecule has 0 fully saturated rings. The van der Waals surface area contributed by atoms with Crippen LogP contribution in [0, 0.1) is 13.8 Å². The number of aromatic amines is 1. The van der Waals surface area contributed by atoms with Crippen LogP contribution in [0.15, 0.2) is 18.3 Å². The number of methoxy groups -OCH3 is 1. The molecule has 2 N–H and O–H groups in total. The number of hydrogen-bond donors (Lipinski definition) is 2. The van der Waals surface area contributed by atoms with Gasteiger partial charge in [-0.05, 0) is 43.7 Å². The third-order valence-corrected chi connectivity index (χ3v) is 3.11. The molecule has 0 aliphatic heterocycles. The summed E-state index contributed by atoms with van der Waals surface area (Å²) in [5, 5.41) is 13.9. The molecule has 0 aliphatic carbocycles. The zero-order chi connectivity index (χ0) is 13.1. The quantitative estimate of drug-likeness (QED) is 0.862. The molecule has 0 radical (unpaired) electrons. The normalized spacial score (nSPS) is 12.4. The SMILES string of the molecule is CNC(c1cn[nH]n1)c1cc(C)c(OC)cc1C. The maximum absolute atomic E-state index is 5.33. The van der Waals surface area contributed by atoms with E-state index in [0.29, 0.717) is 0 Å². The van der Waals surface area contributed by atoms with E-state index in [1.807, 2.05) is 14.0 Å². The highest BCUT2D eigenvalue weighted by Crippen LogP contribution is 2.28. The monoisotopic (exact) mass is 246 g/mol. The number of aromatic nitrogens is 3. The molecule has 0 aliphatic rings. The molecule has 2 rings (SSSR count). The predicted octanol–water partition coefficient (Wildman–Crippen LogP) is 1.74. The van der Waals surface area contributed by atoms with Gasteiger partial charge in [0.25, 0.3) is 0 Å². The van der Waals surface area contributed by atoms with Gasteiger partial charge < -0.3 is 10.1 Å². The van der Waals surface area contributed by atoms with Gasteiger partial charge in [-0.3, -0.25) is 0 Å². The Morgan fingerprint density at radius 3 is 2.61 bits per heavy atom. The fourth-order valence-electron chi connectivity index (χ4n) is 2.16. The van der Waals surface area contributed by atoms with E-state index in [1.165, 1.54) is 11.1 Å². The fourth-order valence-corrected chi connectivity index (χ4v) is 2.16. The minimum Gasteiger partial charge on any atom is -0.496 e. The molecule has 1 aromatic heterocycles. The molecule has 0 spiro atoms. The molecular weight excluding hydrogens is 228 g/mol. The van der Waals surface area contributed by atoms with Gasteiger partial charge in [0.15, 0.2) is 0 Å². The van der Waals surface area contributed by atoms with Crippen LogP contribution in [-0.4, -0.2) is 29.6 Å². The Balaban J connectivity index is 2.46. The Labute approximate surface area is 107 Å². The summed E-state index contributed by atoms with van der Waals surface area (Å²) >= 11 is 0. The molecule has 0 saturated heterocycles. The molecule has 1 heterocycles. The van der Waals surface area contributed by atoms with Crippen molar-refractivity contribution in [3.8, 4) is 5.75 Å². The van der Waals surface area contributed by atoms with Crippen LogP contribution >= 0.6 is 0 Å². The van der Waals surface area contributed by atoms with Crippen molar-refractivity contribution in [1.29, 1.82) is 0 Å². The van der Waals surface area contributed by atoms with E-state index < -0.39 is 0 Å². The van der Waals surface area contributed by atoms with E-state index in [-0.39, 0.29) is 6.04 Å². The van der Waals surface area contributed by atoms with E-state index >= 15 is 0 Å². The van der Waals surface area contributed by atoms with Crippen LogP contribution in [0.5, 0.6) is 5.75 Å². The van der Waals surface area contributed by atoms with Crippen molar-refractivity contribution in [3.63, 3.8) is 0 Å². The van der Waals surface area contributed by atoms with Crippen LogP contribution < -0.4 is 10.1 Å². The lowest BCUT2D eigenvalue weighted by Crippen LogP contribution is -2.19. The van der Waals surface area contributed by atoms with Crippen molar-refractivity contribution in [3.05, 3.63) is 40.7 Å². The van der Waals surface area contributed by atoms with Crippen LogP contribution in [0.2, 0.25) is 0 Å². The van der Waals surface area contributed by atoms with Crippen molar-refractivity contribution < 1.29 is 4.74 Å². The van der Waals surface area contributed by atoms with E-state index in [2.05, 4.69) is 39.8 Å². The minimum absolute atomic E-state index is 0.0355. The summed E-state index contributed by atoms with van der Waals surface area (Å²) in [5.74, 6) is 0.909. The minimum atomic E-state index is 0.0355. The Kier molecular flexibility index (Phi) is 3.62. The zero-order valence-corrected chi connectivity index (χ0v) is 11.1. The summed E-state index contributed by atoms with van der Waals surface area (Å²) in [5.41, 5.74) is 4.34. The standard InChI is InChI=1S/C13H18N4O/c1-8-6-12(18-4)9(2)5-10(8)13(14-3)11-7-15-17-16-11/h5-7,13-14H,1-4H3,(H,15,16,17). The van der Waals surface area contributed by atoms with Gasteiger partial charge >= 0.3 is 0 Å². The Morgan fingerprint density at radius 2 is 2.06 bits per heavy atom. The number of aryl methyl sites for hydroxylation is 2. The van der Waals surface area contributed by atoms with Gasteiger partial charge in [-0.25, -0.2) is 0 Å². The summed E-state index contributed by atoms with van der Waals surface area (Å²) in [4.78, 5) is 0. The molecule has 1 unspecified atom stereocenters. The van der Waals surface area contributed by atoms with E-state index in [1.54, 1.807) is 13.3 Å². The second-order valence-electron chi connectivity index (χ2n) is 4.29. The average Bonchev–Trinajstić information content (AvgIpc) is 2.87. The molecule has 1 atom stereocenters. The van der Waals surface area contributed by atoms with Crippen LogP contribution in [0.4, 0.5) is 0 Å². The van der Waals surface area contributed by atoms with Gasteiger partial charge in [0, 0.05) is 0 Å². The number of ether oxygens (including phenoxy) is 1. The van der Waals surface area contributed by atoms with Crippen molar-refractivity contribution >= 4 is 0 Å². The lowest BCUT2D eigenvalue weighted by Gasteiger charge is -2.18. The maximum atomic E-state index is 5.33. The molecule has 18 heavy (non-hydrogen) atoms. The molecule has 2 aromatic rings. The molecule has 0 bridgehead atoms. The molecular formula is C13H18N4O. The van der Waals surface area contributed by atoms with Crippen molar-refractivity contribution in [2.75, 3.05) is 14.2 Å². The van der Waals surface area contributed by atoms with Crippen molar-refractivity contribution in [1.82, 2.24) is 20.7 Å². The fraction of sp³-hybridized carbons (Fsp3) is 0.385. The first-order valence-corrected chi connectivity index (χ1v) is 5.85. The van der Waals surface area contributed by atoms with Crippen LogP contribution in [0.3, 0.4) is 0 Å². The lowest BCUT2D eigenvalue weighted by atomic mass is 9.96. The number of nitrogens with one attached hydrogen (secondary N) is 2. The number of rotatable bonds is 4. The molecule has 5 heteroatoms. The Bertz CT molecular complexity index is 522. The Morgan fingerprint density at radius 1 is 1.28 bits per heavy atom. The first-order chi connectivity index (χ1) is 8.67. The third-order valence-electron chi connectivity index (χ3n) is 3.11. The number of H-pyrrole nitrogens is 1. The van der Waals surface area contributed by atoms with Crippen molar-refractivity contribution in [2.45, 2.75) is 19.9 Å². The summed E-state index contributed by atoms with van der Waals surface area (Å²) in [6, 6.07) is 4.22. The van der Waals surface area contributed by atoms with E-state index in [9.17, 15) is 0 Å². The second kappa shape index (κ2) is 5.18. The summed E-state index contributed by atoms with van der Waals surface area (Å²) in [6.45, 7) is 4.11. The van der Waals surface area contributed by atoms with E-state index in [4.69, 9.17) is 4.74 Å². The third kappa shape index (κ3) is 2.22. The van der Waals surface area contributed by atoms with Gasteiger partial charge in [-0.1, -0.05) is 6.07 Å². The van der Waals surface area contributed by atoms with Gasteiger partial charge in [-0.2, -0.15) is 15.4 Å². The topological polar surface area (TPSA) is 62.8 Å². The van der Waals surface area contributed by atoms with Crippen LogP contribution in [0.25, 0.3) is 0 Å². The summed E-state index contributed by atoms with van der Waals surface area (Å²) in [7, 11) is 3.60. The highest BCUT2D eigenvalue weighted by molar-refractivity contribution is 5.44. The van der Waals surface area contributed by atoms with Crippen LogP contribution in [-0.2, 0) is 0 Å². The highest BCUT2D eigenvalue weighted by atomic mass is 16.5. The van der Waals surface area contributed by atoms with Gasteiger partial charge in [0.05, 0.1) is 19.3 Å². The average molecular weight is 246 g/mol. The number of hydrogen-bond acceptors (Lipinski definition) is 4. The first kappa shape index (κ1) is 12.6. The van der Waals surface area contributed by atoms with Gasteiger partial charge in [0.2, 0.25) is 0 Å².